The van der Waals surface area contributed by atoms with Crippen LogP contribution in [-0.4, -0.2) is 34.9 Å². The molecule has 0 radical (unpaired) electrons. The number of rotatable bonds is 2. The third kappa shape index (κ3) is 2.82. The second-order valence-corrected chi connectivity index (χ2v) is 8.06. The van der Waals surface area contributed by atoms with Gasteiger partial charge >= 0.3 is 0 Å². The summed E-state index contributed by atoms with van der Waals surface area (Å²) in [5, 5.41) is 0.806. The highest BCUT2D eigenvalue weighted by atomic mass is 35.5. The Labute approximate surface area is 161 Å². The van der Waals surface area contributed by atoms with E-state index in [2.05, 4.69) is 4.98 Å². The number of hydrogen-bond donors (Lipinski definition) is 1. The van der Waals surface area contributed by atoms with Crippen molar-refractivity contribution >= 4 is 39.9 Å². The highest BCUT2D eigenvalue weighted by Gasteiger charge is 2.43. The van der Waals surface area contributed by atoms with Crippen molar-refractivity contribution in [3.63, 3.8) is 0 Å². The minimum Gasteiger partial charge on any atom is -0.448 e. The summed E-state index contributed by atoms with van der Waals surface area (Å²) in [5.74, 6) is 2.01. The van der Waals surface area contributed by atoms with Crippen LogP contribution < -0.4 is 5.73 Å². The predicted molar refractivity (Wildman–Crippen MR) is 105 cm³/mol. The molecule has 2 fully saturated rings. The number of para-hydroxylation sites is 1. The van der Waals surface area contributed by atoms with E-state index < -0.39 is 0 Å². The molecule has 26 heavy (non-hydrogen) atoms. The average molecular weight is 390 g/mol. The molecule has 3 aromatic rings. The van der Waals surface area contributed by atoms with Crippen LogP contribution in [0.15, 0.2) is 40.8 Å². The molecule has 1 aliphatic carbocycles. The summed E-state index contributed by atoms with van der Waals surface area (Å²) >= 11 is 1.58. The number of furan rings is 1. The van der Waals surface area contributed by atoms with Gasteiger partial charge in [0.25, 0.3) is 5.91 Å². The molecule has 3 atom stereocenters. The normalized spacial score (nSPS) is 24.7. The molecule has 2 aliphatic rings. The molecule has 136 valence electrons. The zero-order valence-corrected chi connectivity index (χ0v) is 15.8. The fourth-order valence-corrected chi connectivity index (χ4v) is 5.10. The summed E-state index contributed by atoms with van der Waals surface area (Å²) in [6.45, 7) is 1.55. The first-order valence-corrected chi connectivity index (χ1v) is 9.51. The number of benzene rings is 1. The van der Waals surface area contributed by atoms with E-state index in [-0.39, 0.29) is 24.4 Å². The summed E-state index contributed by atoms with van der Waals surface area (Å²) < 4.78 is 6.96. The van der Waals surface area contributed by atoms with Crippen molar-refractivity contribution in [2.24, 2.45) is 17.6 Å². The lowest BCUT2D eigenvalue weighted by Crippen LogP contribution is -2.33. The number of fused-ring (bicyclic) bond motifs is 2. The Bertz CT molecular complexity index is 920. The number of nitrogens with zero attached hydrogens (tertiary/aromatic N) is 2. The SMILES string of the molecule is Cl.NC1CCC2CN(C(=O)c3ccc(-c4nc5ccccc5s4)o3)CC12. The van der Waals surface area contributed by atoms with Gasteiger partial charge in [-0.3, -0.25) is 4.79 Å². The maximum atomic E-state index is 12.8. The molecule has 0 bridgehead atoms. The van der Waals surface area contributed by atoms with Gasteiger partial charge in [0.1, 0.15) is 0 Å². The Morgan fingerprint density at radius 2 is 2.04 bits per heavy atom. The van der Waals surface area contributed by atoms with Crippen molar-refractivity contribution in [3.05, 3.63) is 42.2 Å². The van der Waals surface area contributed by atoms with E-state index in [1.54, 1.807) is 17.4 Å². The highest BCUT2D eigenvalue weighted by Crippen LogP contribution is 2.38. The van der Waals surface area contributed by atoms with Gasteiger partial charge in [-0.1, -0.05) is 12.1 Å². The second-order valence-electron chi connectivity index (χ2n) is 7.03. The van der Waals surface area contributed by atoms with Gasteiger partial charge in [-0.05, 0) is 48.9 Å². The molecule has 1 amide bonds. The molecule has 1 aromatic carbocycles. The van der Waals surface area contributed by atoms with Crippen LogP contribution in [0.3, 0.4) is 0 Å². The van der Waals surface area contributed by atoms with Gasteiger partial charge in [0.2, 0.25) is 0 Å². The number of halogens is 1. The first-order chi connectivity index (χ1) is 12.2. The van der Waals surface area contributed by atoms with Crippen LogP contribution >= 0.6 is 23.7 Å². The summed E-state index contributed by atoms with van der Waals surface area (Å²) in [4.78, 5) is 19.3. The van der Waals surface area contributed by atoms with Crippen molar-refractivity contribution in [2.45, 2.75) is 18.9 Å². The summed E-state index contributed by atoms with van der Waals surface area (Å²) in [6, 6.07) is 11.8. The molecular formula is C19H20ClN3O2S. The van der Waals surface area contributed by atoms with E-state index in [1.165, 1.54) is 0 Å². The topological polar surface area (TPSA) is 72.4 Å². The lowest BCUT2D eigenvalue weighted by atomic mass is 9.98. The quantitative estimate of drug-likeness (QED) is 0.723. The first-order valence-electron chi connectivity index (χ1n) is 8.69. The van der Waals surface area contributed by atoms with Crippen LogP contribution in [0.5, 0.6) is 0 Å². The Hall–Kier alpha value is -1.89. The molecular weight excluding hydrogens is 370 g/mol. The fourth-order valence-electron chi connectivity index (χ4n) is 4.17. The van der Waals surface area contributed by atoms with Gasteiger partial charge in [0.05, 0.1) is 10.2 Å². The third-order valence-corrected chi connectivity index (χ3v) is 6.57. The number of aromatic nitrogens is 1. The van der Waals surface area contributed by atoms with Crippen molar-refractivity contribution in [1.82, 2.24) is 9.88 Å². The Kier molecular flexibility index (Phi) is 4.50. The van der Waals surface area contributed by atoms with Crippen LogP contribution in [0.1, 0.15) is 23.4 Å². The smallest absolute Gasteiger partial charge is 0.289 e. The van der Waals surface area contributed by atoms with Gasteiger partial charge in [0, 0.05) is 19.1 Å². The number of carbonyl (C=O) groups excluding carboxylic acids is 1. The molecule has 2 aromatic heterocycles. The van der Waals surface area contributed by atoms with Crippen LogP contribution in [0.4, 0.5) is 0 Å². The number of hydrogen-bond acceptors (Lipinski definition) is 5. The third-order valence-electron chi connectivity index (χ3n) is 5.52. The predicted octanol–water partition coefficient (Wildman–Crippen LogP) is 3.79. The van der Waals surface area contributed by atoms with E-state index in [1.807, 2.05) is 35.2 Å². The van der Waals surface area contributed by atoms with Gasteiger partial charge < -0.3 is 15.1 Å². The molecule has 7 heteroatoms. The molecule has 1 aliphatic heterocycles. The molecule has 1 saturated carbocycles. The van der Waals surface area contributed by atoms with Crippen LogP contribution in [0, 0.1) is 11.8 Å². The van der Waals surface area contributed by atoms with Crippen molar-refractivity contribution in [1.29, 1.82) is 0 Å². The fraction of sp³-hybridized carbons (Fsp3) is 0.368. The van der Waals surface area contributed by atoms with Crippen LogP contribution in [0.2, 0.25) is 0 Å². The van der Waals surface area contributed by atoms with E-state index in [9.17, 15) is 4.79 Å². The molecule has 5 rings (SSSR count). The monoisotopic (exact) mass is 389 g/mol. The highest BCUT2D eigenvalue weighted by molar-refractivity contribution is 7.21. The zero-order valence-electron chi connectivity index (χ0n) is 14.1. The minimum atomic E-state index is -0.0334. The lowest BCUT2D eigenvalue weighted by Gasteiger charge is -2.17. The zero-order chi connectivity index (χ0) is 17.0. The van der Waals surface area contributed by atoms with Gasteiger partial charge in [-0.2, -0.15) is 0 Å². The molecule has 1 saturated heterocycles. The van der Waals surface area contributed by atoms with Gasteiger partial charge in [0.15, 0.2) is 16.5 Å². The van der Waals surface area contributed by atoms with E-state index in [0.717, 1.165) is 41.2 Å². The van der Waals surface area contributed by atoms with E-state index in [0.29, 0.717) is 23.4 Å². The Balaban J connectivity index is 0.00000168. The minimum absolute atomic E-state index is 0. The van der Waals surface area contributed by atoms with Gasteiger partial charge in [-0.25, -0.2) is 4.98 Å². The van der Waals surface area contributed by atoms with E-state index in [4.69, 9.17) is 10.2 Å². The molecule has 2 N–H and O–H groups in total. The van der Waals surface area contributed by atoms with Crippen molar-refractivity contribution in [2.75, 3.05) is 13.1 Å². The van der Waals surface area contributed by atoms with Crippen molar-refractivity contribution < 1.29 is 9.21 Å². The number of nitrogens with two attached hydrogens (primary N) is 1. The average Bonchev–Trinajstić information content (AvgIpc) is 3.38. The number of amides is 1. The van der Waals surface area contributed by atoms with Gasteiger partial charge in [-0.15, -0.1) is 23.7 Å². The summed E-state index contributed by atoms with van der Waals surface area (Å²) in [6.07, 6.45) is 2.21. The molecule has 3 unspecified atom stereocenters. The summed E-state index contributed by atoms with van der Waals surface area (Å²) in [7, 11) is 0. The number of carbonyl (C=O) groups is 1. The largest absolute Gasteiger partial charge is 0.448 e. The number of likely N-dealkylation sites (tertiary alicyclic amines) is 1. The summed E-state index contributed by atoms with van der Waals surface area (Å²) in [5.41, 5.74) is 7.12. The lowest BCUT2D eigenvalue weighted by molar-refractivity contribution is 0.0749. The maximum absolute atomic E-state index is 12.8. The Morgan fingerprint density at radius 3 is 2.85 bits per heavy atom. The van der Waals surface area contributed by atoms with E-state index >= 15 is 0 Å². The second kappa shape index (κ2) is 6.68. The molecule has 0 spiro atoms. The van der Waals surface area contributed by atoms with Crippen LogP contribution in [0.25, 0.3) is 21.0 Å². The van der Waals surface area contributed by atoms with Crippen molar-refractivity contribution in [3.8, 4) is 10.8 Å². The maximum Gasteiger partial charge on any atom is 0.289 e. The number of thiazole rings is 1. The molecule has 3 heterocycles. The standard InChI is InChI=1S/C19H19N3O2S.ClH/c20-13-6-5-11-9-22(10-12(11)13)19(23)16-8-7-15(24-16)18-21-14-3-1-2-4-17(14)25-18;/h1-4,7-8,11-13H,5-6,9-10,20H2;1H. The Morgan fingerprint density at radius 1 is 1.19 bits per heavy atom. The van der Waals surface area contributed by atoms with Crippen LogP contribution in [-0.2, 0) is 0 Å². The molecule has 5 nitrogen and oxygen atoms in total. The first kappa shape index (κ1) is 17.5.